The van der Waals surface area contributed by atoms with Gasteiger partial charge in [-0.2, -0.15) is 0 Å². The standard InChI is InChI=1S/C12H14.Mg.2H/c1-3-7-11-9-5-6-10-12(11)8-4-2;;;/h3-6,9-10H,1-2,7-8H2;;;/q;+2;2*-1. The fourth-order valence-electron chi connectivity index (χ4n) is 1.27. The maximum Gasteiger partial charge on any atom is 2.00 e. The van der Waals surface area contributed by atoms with Gasteiger partial charge in [0.25, 0.3) is 0 Å². The zero-order valence-electron chi connectivity index (χ0n) is 10.00. The van der Waals surface area contributed by atoms with E-state index in [1.807, 2.05) is 12.2 Å². The van der Waals surface area contributed by atoms with Crippen molar-refractivity contribution in [2.24, 2.45) is 0 Å². The first-order chi connectivity index (χ1) is 5.88. The van der Waals surface area contributed by atoms with Gasteiger partial charge in [-0.15, -0.1) is 13.2 Å². The minimum Gasteiger partial charge on any atom is -1.00 e. The first-order valence-corrected chi connectivity index (χ1v) is 4.17. The molecule has 0 N–H and O–H groups in total. The monoisotopic (exact) mass is 184 g/mol. The van der Waals surface area contributed by atoms with Crippen molar-refractivity contribution in [3.63, 3.8) is 0 Å². The van der Waals surface area contributed by atoms with Gasteiger partial charge in [0.15, 0.2) is 0 Å². The zero-order chi connectivity index (χ0) is 8.81. The molecule has 1 rings (SSSR count). The Bertz CT molecular complexity index is 256. The number of allylic oxidation sites excluding steroid dienone is 2. The second-order valence-corrected chi connectivity index (χ2v) is 2.75. The smallest absolute Gasteiger partial charge is 1.00 e. The van der Waals surface area contributed by atoms with Gasteiger partial charge in [0.2, 0.25) is 0 Å². The van der Waals surface area contributed by atoms with Crippen LogP contribution in [0.3, 0.4) is 0 Å². The summed E-state index contributed by atoms with van der Waals surface area (Å²) in [6, 6.07) is 8.40. The SMILES string of the molecule is C=CCc1ccccc1CC=C.[H-].[H-].[Mg+2]. The molecule has 1 aromatic rings. The van der Waals surface area contributed by atoms with Gasteiger partial charge >= 0.3 is 23.1 Å². The van der Waals surface area contributed by atoms with E-state index in [4.69, 9.17) is 0 Å². The topological polar surface area (TPSA) is 0 Å². The molecular weight excluding hydrogens is 168 g/mol. The third-order valence-electron chi connectivity index (χ3n) is 1.85. The Morgan fingerprint density at radius 2 is 1.38 bits per heavy atom. The van der Waals surface area contributed by atoms with Crippen molar-refractivity contribution in [2.45, 2.75) is 12.8 Å². The maximum absolute atomic E-state index is 3.73. The molecule has 0 nitrogen and oxygen atoms in total. The summed E-state index contributed by atoms with van der Waals surface area (Å²) in [7, 11) is 0. The summed E-state index contributed by atoms with van der Waals surface area (Å²) in [6.07, 6.45) is 5.76. The van der Waals surface area contributed by atoms with Crippen LogP contribution in [0.15, 0.2) is 49.6 Å². The van der Waals surface area contributed by atoms with Crippen LogP contribution in [0.4, 0.5) is 0 Å². The third-order valence-corrected chi connectivity index (χ3v) is 1.85. The molecule has 0 amide bonds. The summed E-state index contributed by atoms with van der Waals surface area (Å²) < 4.78 is 0. The van der Waals surface area contributed by atoms with Gasteiger partial charge in [0, 0.05) is 0 Å². The molecule has 1 heteroatoms. The van der Waals surface area contributed by atoms with Crippen LogP contribution in [0, 0.1) is 0 Å². The molecule has 0 atom stereocenters. The van der Waals surface area contributed by atoms with E-state index >= 15 is 0 Å². The molecule has 0 fully saturated rings. The molecule has 0 aliphatic rings. The van der Waals surface area contributed by atoms with Gasteiger partial charge in [-0.05, 0) is 24.0 Å². The molecular formula is C12H16Mg. The van der Waals surface area contributed by atoms with Crippen LogP contribution in [-0.4, -0.2) is 23.1 Å². The Labute approximate surface area is 99.5 Å². The van der Waals surface area contributed by atoms with E-state index in [9.17, 15) is 0 Å². The van der Waals surface area contributed by atoms with Crippen LogP contribution in [0.25, 0.3) is 0 Å². The predicted octanol–water partition coefficient (Wildman–Crippen LogP) is 2.99. The summed E-state index contributed by atoms with van der Waals surface area (Å²) in [4.78, 5) is 0. The van der Waals surface area contributed by atoms with Gasteiger partial charge in [0.05, 0.1) is 0 Å². The first-order valence-electron chi connectivity index (χ1n) is 4.17. The van der Waals surface area contributed by atoms with Crippen molar-refractivity contribution < 1.29 is 2.85 Å². The Morgan fingerprint density at radius 3 is 1.69 bits per heavy atom. The number of rotatable bonds is 4. The molecule has 13 heavy (non-hydrogen) atoms. The molecule has 66 valence electrons. The van der Waals surface area contributed by atoms with E-state index in [2.05, 4.69) is 37.4 Å². The number of hydrogen-bond acceptors (Lipinski definition) is 0. The van der Waals surface area contributed by atoms with E-state index in [0.717, 1.165) is 12.8 Å². The van der Waals surface area contributed by atoms with Gasteiger partial charge < -0.3 is 2.85 Å². The molecule has 0 bridgehead atoms. The van der Waals surface area contributed by atoms with Crippen molar-refractivity contribution >= 4 is 23.1 Å². The van der Waals surface area contributed by atoms with Crippen molar-refractivity contribution in [3.05, 3.63) is 60.7 Å². The quantitative estimate of drug-likeness (QED) is 0.499. The molecule has 0 unspecified atom stereocenters. The van der Waals surface area contributed by atoms with E-state index in [1.165, 1.54) is 11.1 Å². The fraction of sp³-hybridized carbons (Fsp3) is 0.167. The molecule has 0 aliphatic heterocycles. The minimum absolute atomic E-state index is 0. The average molecular weight is 185 g/mol. The minimum atomic E-state index is 0. The maximum atomic E-state index is 3.73. The van der Waals surface area contributed by atoms with Crippen LogP contribution in [0.5, 0.6) is 0 Å². The molecule has 0 saturated heterocycles. The normalized spacial score (nSPS) is 8.62. The van der Waals surface area contributed by atoms with Gasteiger partial charge in [-0.3, -0.25) is 0 Å². The number of hydrogen-bond donors (Lipinski definition) is 0. The van der Waals surface area contributed by atoms with Crippen LogP contribution >= 0.6 is 0 Å². The van der Waals surface area contributed by atoms with E-state index < -0.39 is 0 Å². The van der Waals surface area contributed by atoms with Crippen LogP contribution in [0.1, 0.15) is 14.0 Å². The Kier molecular flexibility index (Phi) is 6.64. The summed E-state index contributed by atoms with van der Waals surface area (Å²) in [6.45, 7) is 7.46. The van der Waals surface area contributed by atoms with Gasteiger partial charge in [0.1, 0.15) is 0 Å². The van der Waals surface area contributed by atoms with E-state index in [-0.39, 0.29) is 25.9 Å². The van der Waals surface area contributed by atoms with Gasteiger partial charge in [-0.25, -0.2) is 0 Å². The molecule has 0 radical (unpaired) electrons. The van der Waals surface area contributed by atoms with Crippen LogP contribution < -0.4 is 0 Å². The number of benzene rings is 1. The summed E-state index contributed by atoms with van der Waals surface area (Å²) in [5.74, 6) is 0. The molecule has 1 aromatic carbocycles. The summed E-state index contributed by atoms with van der Waals surface area (Å²) in [5.41, 5.74) is 2.71. The molecule has 0 heterocycles. The molecule has 0 spiro atoms. The molecule has 0 saturated carbocycles. The predicted molar refractivity (Wildman–Crippen MR) is 62.2 cm³/mol. The molecule has 0 aliphatic carbocycles. The second kappa shape index (κ2) is 6.93. The Morgan fingerprint density at radius 1 is 1.00 bits per heavy atom. The van der Waals surface area contributed by atoms with Gasteiger partial charge in [-0.1, -0.05) is 36.4 Å². The summed E-state index contributed by atoms with van der Waals surface area (Å²) in [5, 5.41) is 0. The molecule has 0 aromatic heterocycles. The Balaban J connectivity index is -0.000000480. The van der Waals surface area contributed by atoms with Crippen molar-refractivity contribution in [1.82, 2.24) is 0 Å². The average Bonchev–Trinajstić information content (AvgIpc) is 2.09. The van der Waals surface area contributed by atoms with Crippen LogP contribution in [-0.2, 0) is 12.8 Å². The summed E-state index contributed by atoms with van der Waals surface area (Å²) >= 11 is 0. The zero-order valence-corrected chi connectivity index (χ0v) is 9.41. The second-order valence-electron chi connectivity index (χ2n) is 2.75. The largest absolute Gasteiger partial charge is 2.00 e. The van der Waals surface area contributed by atoms with Crippen molar-refractivity contribution in [2.75, 3.05) is 0 Å². The van der Waals surface area contributed by atoms with Crippen molar-refractivity contribution in [1.29, 1.82) is 0 Å². The van der Waals surface area contributed by atoms with E-state index in [0.29, 0.717) is 0 Å². The fourth-order valence-corrected chi connectivity index (χ4v) is 1.27. The third kappa shape index (κ3) is 3.79. The Hall–Kier alpha value is -0.534. The van der Waals surface area contributed by atoms with Crippen LogP contribution in [0.2, 0.25) is 0 Å². The van der Waals surface area contributed by atoms with E-state index in [1.54, 1.807) is 0 Å². The first kappa shape index (κ1) is 12.5. The van der Waals surface area contributed by atoms with Crippen molar-refractivity contribution in [3.8, 4) is 0 Å².